The number of aromatic nitrogens is 4. The van der Waals surface area contributed by atoms with Crippen LogP contribution in [0.3, 0.4) is 0 Å². The van der Waals surface area contributed by atoms with Crippen molar-refractivity contribution in [3.8, 4) is 28.0 Å². The van der Waals surface area contributed by atoms with Crippen molar-refractivity contribution in [2.45, 2.75) is 6.92 Å². The lowest BCUT2D eigenvalue weighted by molar-refractivity contribution is 0.412. The fourth-order valence-electron chi connectivity index (χ4n) is 3.26. The Balaban J connectivity index is 1.36. The second-order valence-corrected chi connectivity index (χ2v) is 8.96. The lowest BCUT2D eigenvalue weighted by atomic mass is 10.2. The third-order valence-electron chi connectivity index (χ3n) is 5.00. The Morgan fingerprint density at radius 2 is 1.94 bits per heavy atom. The van der Waals surface area contributed by atoms with Crippen LogP contribution in [0.2, 0.25) is 0 Å². The molecule has 170 valence electrons. The molecule has 10 heteroatoms. The summed E-state index contributed by atoms with van der Waals surface area (Å²) in [5, 5.41) is 6.05. The highest BCUT2D eigenvalue weighted by Crippen LogP contribution is 2.35. The van der Waals surface area contributed by atoms with E-state index < -0.39 is 5.82 Å². The summed E-state index contributed by atoms with van der Waals surface area (Å²) in [6.07, 6.45) is 3.18. The number of fused-ring (bicyclic) bond motifs is 1. The van der Waals surface area contributed by atoms with Gasteiger partial charge in [-0.25, -0.2) is 19.3 Å². The quantitative estimate of drug-likeness (QED) is 0.252. The SMILES string of the molecule is COc1cc2ncnc(Nc3ccc(Oc4nc(-c5ccc(C)nc5)cs4)cc3F)c2cc1Br. The van der Waals surface area contributed by atoms with Crippen molar-refractivity contribution >= 4 is 49.7 Å². The summed E-state index contributed by atoms with van der Waals surface area (Å²) in [7, 11) is 1.58. The van der Waals surface area contributed by atoms with Crippen molar-refractivity contribution in [2.75, 3.05) is 12.4 Å². The normalized spacial score (nSPS) is 10.9. The largest absolute Gasteiger partial charge is 0.495 e. The van der Waals surface area contributed by atoms with Crippen molar-refractivity contribution in [3.63, 3.8) is 0 Å². The third kappa shape index (κ3) is 4.55. The maximum absolute atomic E-state index is 14.9. The monoisotopic (exact) mass is 537 g/mol. The number of rotatable bonds is 6. The van der Waals surface area contributed by atoms with Crippen LogP contribution in [0.15, 0.2) is 64.8 Å². The number of nitrogens with zero attached hydrogens (tertiary/aromatic N) is 4. The molecule has 0 atom stereocenters. The first-order chi connectivity index (χ1) is 16.5. The highest BCUT2D eigenvalue weighted by Gasteiger charge is 2.13. The number of benzene rings is 2. The lowest BCUT2D eigenvalue weighted by Crippen LogP contribution is -1.99. The fourth-order valence-corrected chi connectivity index (χ4v) is 4.46. The van der Waals surface area contributed by atoms with Crippen molar-refractivity contribution < 1.29 is 13.9 Å². The van der Waals surface area contributed by atoms with E-state index in [1.165, 1.54) is 23.7 Å². The van der Waals surface area contributed by atoms with Gasteiger partial charge in [-0.1, -0.05) is 11.3 Å². The number of anilines is 2. The van der Waals surface area contributed by atoms with Gasteiger partial charge in [0, 0.05) is 40.4 Å². The Morgan fingerprint density at radius 3 is 2.71 bits per heavy atom. The average molecular weight is 538 g/mol. The molecule has 2 aromatic carbocycles. The zero-order chi connectivity index (χ0) is 23.7. The molecule has 0 saturated carbocycles. The number of thiazole rings is 1. The number of hydrogen-bond donors (Lipinski definition) is 1. The van der Waals surface area contributed by atoms with Gasteiger partial charge in [0.1, 0.15) is 29.5 Å². The van der Waals surface area contributed by atoms with Gasteiger partial charge in [-0.3, -0.25) is 4.98 Å². The molecule has 0 spiro atoms. The lowest BCUT2D eigenvalue weighted by Gasteiger charge is -2.12. The summed E-state index contributed by atoms with van der Waals surface area (Å²) in [6.45, 7) is 1.93. The molecule has 3 heterocycles. The first-order valence-electron chi connectivity index (χ1n) is 10.1. The van der Waals surface area contributed by atoms with E-state index in [0.717, 1.165) is 26.8 Å². The van der Waals surface area contributed by atoms with Gasteiger partial charge in [0.15, 0.2) is 0 Å². The standard InChI is InChI=1S/C24H17BrFN5O2S/c1-13-3-4-14(10-27-13)21-11-34-24(31-21)33-15-5-6-19(18(26)7-15)30-23-16-8-17(25)22(32-2)9-20(16)28-12-29-23/h3-12H,1-2H3,(H,28,29,30). The van der Waals surface area contributed by atoms with Crippen LogP contribution in [0.4, 0.5) is 15.9 Å². The molecule has 0 aliphatic rings. The van der Waals surface area contributed by atoms with Gasteiger partial charge in [0.25, 0.3) is 5.19 Å². The van der Waals surface area contributed by atoms with Gasteiger partial charge in [-0.2, -0.15) is 0 Å². The van der Waals surface area contributed by atoms with Crippen LogP contribution in [0.1, 0.15) is 5.69 Å². The first-order valence-corrected chi connectivity index (χ1v) is 11.8. The molecule has 1 N–H and O–H groups in total. The molecule has 34 heavy (non-hydrogen) atoms. The summed E-state index contributed by atoms with van der Waals surface area (Å²) in [6, 6.07) is 12.1. The molecule has 7 nitrogen and oxygen atoms in total. The zero-order valence-corrected chi connectivity index (χ0v) is 20.4. The van der Waals surface area contributed by atoms with Crippen molar-refractivity contribution in [1.29, 1.82) is 0 Å². The molecule has 0 saturated heterocycles. The molecule has 0 aliphatic carbocycles. The van der Waals surface area contributed by atoms with E-state index in [2.05, 4.69) is 41.2 Å². The molecule has 0 amide bonds. The Morgan fingerprint density at radius 1 is 1.06 bits per heavy atom. The van der Waals surface area contributed by atoms with Crippen LogP contribution in [0.5, 0.6) is 16.7 Å². The highest BCUT2D eigenvalue weighted by atomic mass is 79.9. The molecule has 0 aliphatic heterocycles. The van der Waals surface area contributed by atoms with E-state index in [4.69, 9.17) is 9.47 Å². The van der Waals surface area contributed by atoms with Crippen LogP contribution < -0.4 is 14.8 Å². The Kier molecular flexibility index (Phi) is 6.08. The van der Waals surface area contributed by atoms with Crippen molar-refractivity contribution in [3.05, 3.63) is 76.4 Å². The van der Waals surface area contributed by atoms with Gasteiger partial charge >= 0.3 is 0 Å². The summed E-state index contributed by atoms with van der Waals surface area (Å²) in [5.74, 6) is 0.966. The van der Waals surface area contributed by atoms with Gasteiger partial charge in [0.2, 0.25) is 0 Å². The van der Waals surface area contributed by atoms with Crippen LogP contribution in [-0.4, -0.2) is 27.0 Å². The van der Waals surface area contributed by atoms with Gasteiger partial charge in [-0.15, -0.1) is 0 Å². The number of halogens is 2. The first kappa shape index (κ1) is 22.2. The summed E-state index contributed by atoms with van der Waals surface area (Å²) in [4.78, 5) is 17.3. The molecular weight excluding hydrogens is 521 g/mol. The third-order valence-corrected chi connectivity index (χ3v) is 6.34. The minimum absolute atomic E-state index is 0.254. The average Bonchev–Trinajstić information content (AvgIpc) is 3.29. The van der Waals surface area contributed by atoms with E-state index in [0.29, 0.717) is 28.0 Å². The van der Waals surface area contributed by atoms with Gasteiger partial charge < -0.3 is 14.8 Å². The molecule has 0 fully saturated rings. The van der Waals surface area contributed by atoms with E-state index in [1.807, 2.05) is 30.5 Å². The van der Waals surface area contributed by atoms with E-state index in [1.54, 1.807) is 31.5 Å². The molecule has 5 rings (SSSR count). The number of hydrogen-bond acceptors (Lipinski definition) is 8. The number of aryl methyl sites for hydroxylation is 1. The summed E-state index contributed by atoms with van der Waals surface area (Å²) in [5.41, 5.74) is 3.50. The molecule has 3 aromatic heterocycles. The second-order valence-electron chi connectivity index (χ2n) is 7.28. The van der Waals surface area contributed by atoms with Crippen LogP contribution >= 0.6 is 27.3 Å². The topological polar surface area (TPSA) is 82.1 Å². The maximum Gasteiger partial charge on any atom is 0.279 e. The minimum atomic E-state index is -0.489. The summed E-state index contributed by atoms with van der Waals surface area (Å²) < 4.78 is 26.7. The highest BCUT2D eigenvalue weighted by molar-refractivity contribution is 9.10. The molecular formula is C24H17BrFN5O2S. The Labute approximate surface area is 206 Å². The Bertz CT molecular complexity index is 1490. The molecule has 5 aromatic rings. The van der Waals surface area contributed by atoms with Gasteiger partial charge in [0.05, 0.1) is 28.5 Å². The number of pyridine rings is 1. The van der Waals surface area contributed by atoms with Crippen LogP contribution in [0.25, 0.3) is 22.2 Å². The number of methoxy groups -OCH3 is 1. The van der Waals surface area contributed by atoms with E-state index in [9.17, 15) is 4.39 Å². The molecule has 0 bridgehead atoms. The number of ether oxygens (including phenoxy) is 2. The van der Waals surface area contributed by atoms with E-state index in [-0.39, 0.29) is 5.69 Å². The molecule has 0 unspecified atom stereocenters. The van der Waals surface area contributed by atoms with Crippen LogP contribution in [0, 0.1) is 12.7 Å². The minimum Gasteiger partial charge on any atom is -0.495 e. The smallest absolute Gasteiger partial charge is 0.279 e. The Hall–Kier alpha value is -3.63. The van der Waals surface area contributed by atoms with Gasteiger partial charge in [-0.05, 0) is 53.2 Å². The fraction of sp³-hybridized carbons (Fsp3) is 0.0833. The van der Waals surface area contributed by atoms with Crippen molar-refractivity contribution in [1.82, 2.24) is 19.9 Å². The zero-order valence-electron chi connectivity index (χ0n) is 18.0. The van der Waals surface area contributed by atoms with Crippen molar-refractivity contribution in [2.24, 2.45) is 0 Å². The predicted molar refractivity (Wildman–Crippen MR) is 134 cm³/mol. The maximum atomic E-state index is 14.9. The summed E-state index contributed by atoms with van der Waals surface area (Å²) >= 11 is 4.80. The predicted octanol–water partition coefficient (Wildman–Crippen LogP) is 6.90. The number of nitrogens with one attached hydrogen (secondary N) is 1. The second kappa shape index (κ2) is 9.32. The van der Waals surface area contributed by atoms with E-state index >= 15 is 0 Å². The molecule has 0 radical (unpaired) electrons. The van der Waals surface area contributed by atoms with Crippen LogP contribution in [-0.2, 0) is 0 Å².